The fourth-order valence-corrected chi connectivity index (χ4v) is 3.32. The Bertz CT molecular complexity index is 912. The molecule has 0 bridgehead atoms. The van der Waals surface area contributed by atoms with E-state index in [1.54, 1.807) is 17.7 Å². The molecule has 1 aliphatic rings. The molecule has 3 heterocycles. The van der Waals surface area contributed by atoms with Crippen LogP contribution in [-0.2, 0) is 26.3 Å². The van der Waals surface area contributed by atoms with Crippen molar-refractivity contribution in [2.75, 3.05) is 13.1 Å². The van der Waals surface area contributed by atoms with E-state index < -0.39 is 17.4 Å². The second-order valence-corrected chi connectivity index (χ2v) is 6.90. The maximum atomic E-state index is 12.6. The average Bonchev–Trinajstić information content (AvgIpc) is 2.61. The van der Waals surface area contributed by atoms with Crippen LogP contribution in [0.15, 0.2) is 40.2 Å². The monoisotopic (exact) mass is 382 g/mol. The van der Waals surface area contributed by atoms with Crippen LogP contribution in [0.1, 0.15) is 24.2 Å². The third-order valence-corrected chi connectivity index (χ3v) is 5.01. The van der Waals surface area contributed by atoms with Crippen molar-refractivity contribution in [2.24, 2.45) is 13.0 Å². The van der Waals surface area contributed by atoms with Gasteiger partial charge < -0.3 is 4.57 Å². The minimum Gasteiger partial charge on any atom is -0.314 e. The van der Waals surface area contributed by atoms with Crippen LogP contribution in [0.5, 0.6) is 0 Å². The van der Waals surface area contributed by atoms with E-state index in [1.165, 1.54) is 10.6 Å². The summed E-state index contributed by atoms with van der Waals surface area (Å²) in [6.07, 6.45) is -1.97. The van der Waals surface area contributed by atoms with Gasteiger partial charge in [0.25, 0.3) is 5.56 Å². The van der Waals surface area contributed by atoms with Gasteiger partial charge in [0.2, 0.25) is 5.56 Å². The van der Waals surface area contributed by atoms with E-state index in [-0.39, 0.29) is 11.5 Å². The fourth-order valence-electron chi connectivity index (χ4n) is 3.32. The molecule has 3 rings (SSSR count). The van der Waals surface area contributed by atoms with Crippen LogP contribution < -0.4 is 11.1 Å². The van der Waals surface area contributed by atoms with Gasteiger partial charge in [-0.2, -0.15) is 13.2 Å². The molecule has 0 aliphatic carbocycles. The van der Waals surface area contributed by atoms with Crippen LogP contribution in [0.4, 0.5) is 13.2 Å². The molecule has 0 radical (unpaired) electrons. The number of aromatic nitrogens is 3. The summed E-state index contributed by atoms with van der Waals surface area (Å²) < 4.78 is 40.7. The molecule has 0 amide bonds. The Kier molecular flexibility index (Phi) is 5.50. The van der Waals surface area contributed by atoms with Crippen LogP contribution in [0.25, 0.3) is 0 Å². The predicted molar refractivity (Wildman–Crippen MR) is 93.2 cm³/mol. The molecule has 6 nitrogen and oxygen atoms in total. The largest absolute Gasteiger partial charge is 0.433 e. The highest BCUT2D eigenvalue weighted by Gasteiger charge is 2.33. The molecule has 9 heteroatoms. The lowest BCUT2D eigenvalue weighted by molar-refractivity contribution is -0.141. The summed E-state index contributed by atoms with van der Waals surface area (Å²) in [5.41, 5.74) is -0.952. The zero-order valence-corrected chi connectivity index (χ0v) is 14.9. The Morgan fingerprint density at radius 2 is 1.85 bits per heavy atom. The first-order valence-electron chi connectivity index (χ1n) is 8.75. The molecular formula is C18H21F3N4O2. The van der Waals surface area contributed by atoms with Gasteiger partial charge in [-0.15, -0.1) is 0 Å². The Morgan fingerprint density at radius 3 is 2.48 bits per heavy atom. The SMILES string of the molecule is Cn1c(CN2CCC(Cn3cnc(C(F)(F)F)cc3=O)CC2)cccc1=O. The molecule has 1 saturated heterocycles. The topological polar surface area (TPSA) is 60.1 Å². The van der Waals surface area contributed by atoms with Crippen LogP contribution in [0, 0.1) is 5.92 Å². The first-order valence-corrected chi connectivity index (χ1v) is 8.75. The van der Waals surface area contributed by atoms with E-state index in [1.807, 2.05) is 6.07 Å². The quantitative estimate of drug-likeness (QED) is 0.810. The number of alkyl halides is 3. The number of piperidine rings is 1. The van der Waals surface area contributed by atoms with Gasteiger partial charge in [0, 0.05) is 38.0 Å². The molecule has 0 spiro atoms. The molecule has 0 aromatic carbocycles. The Balaban J connectivity index is 1.58. The minimum absolute atomic E-state index is 0.0448. The van der Waals surface area contributed by atoms with Crippen LogP contribution in [0.2, 0.25) is 0 Å². The smallest absolute Gasteiger partial charge is 0.314 e. The van der Waals surface area contributed by atoms with Crippen molar-refractivity contribution in [3.05, 3.63) is 62.7 Å². The zero-order valence-electron chi connectivity index (χ0n) is 14.9. The van der Waals surface area contributed by atoms with Crippen LogP contribution in [-0.4, -0.2) is 32.1 Å². The second-order valence-electron chi connectivity index (χ2n) is 6.90. The second kappa shape index (κ2) is 7.67. The lowest BCUT2D eigenvalue weighted by Crippen LogP contribution is -2.37. The van der Waals surface area contributed by atoms with Gasteiger partial charge in [0.1, 0.15) is 0 Å². The van der Waals surface area contributed by atoms with Crippen molar-refractivity contribution in [1.29, 1.82) is 0 Å². The molecule has 0 unspecified atom stereocenters. The van der Waals surface area contributed by atoms with E-state index in [9.17, 15) is 22.8 Å². The molecule has 146 valence electrons. The maximum absolute atomic E-state index is 12.6. The molecule has 2 aromatic rings. The van der Waals surface area contributed by atoms with Gasteiger partial charge in [0.15, 0.2) is 5.69 Å². The Hall–Kier alpha value is -2.42. The summed E-state index contributed by atoms with van der Waals surface area (Å²) in [6, 6.07) is 5.73. The number of halogens is 3. The first-order chi connectivity index (χ1) is 12.7. The lowest BCUT2D eigenvalue weighted by atomic mass is 9.96. The van der Waals surface area contributed by atoms with Gasteiger partial charge in [-0.1, -0.05) is 6.07 Å². The fraction of sp³-hybridized carbons (Fsp3) is 0.500. The Labute approximate surface area is 153 Å². The molecule has 1 fully saturated rings. The molecule has 0 atom stereocenters. The summed E-state index contributed by atoms with van der Waals surface area (Å²) in [5.74, 6) is 0.206. The van der Waals surface area contributed by atoms with E-state index in [0.717, 1.165) is 38.0 Å². The minimum atomic E-state index is -4.61. The van der Waals surface area contributed by atoms with Gasteiger partial charge >= 0.3 is 6.18 Å². The van der Waals surface area contributed by atoms with Gasteiger partial charge in [-0.05, 0) is 37.9 Å². The average molecular weight is 382 g/mol. The summed E-state index contributed by atoms with van der Waals surface area (Å²) in [7, 11) is 1.74. The van der Waals surface area contributed by atoms with Gasteiger partial charge in [0.05, 0.1) is 6.33 Å². The highest BCUT2D eigenvalue weighted by atomic mass is 19.4. The van der Waals surface area contributed by atoms with E-state index >= 15 is 0 Å². The van der Waals surface area contributed by atoms with E-state index in [0.29, 0.717) is 19.2 Å². The van der Waals surface area contributed by atoms with Crippen LogP contribution >= 0.6 is 0 Å². The highest BCUT2D eigenvalue weighted by Crippen LogP contribution is 2.26. The van der Waals surface area contributed by atoms with Crippen molar-refractivity contribution < 1.29 is 13.2 Å². The number of hydrogen-bond acceptors (Lipinski definition) is 4. The Morgan fingerprint density at radius 1 is 1.15 bits per heavy atom. The van der Waals surface area contributed by atoms with Crippen molar-refractivity contribution in [1.82, 2.24) is 19.0 Å². The molecule has 0 saturated carbocycles. The summed E-state index contributed by atoms with van der Waals surface area (Å²) in [5, 5.41) is 0. The predicted octanol–water partition coefficient (Wildman–Crippen LogP) is 1.87. The molecule has 0 N–H and O–H groups in total. The van der Waals surface area contributed by atoms with E-state index in [2.05, 4.69) is 9.88 Å². The molecule has 2 aromatic heterocycles. The van der Waals surface area contributed by atoms with Crippen molar-refractivity contribution in [2.45, 2.75) is 32.1 Å². The maximum Gasteiger partial charge on any atom is 0.433 e. The molecular weight excluding hydrogens is 361 g/mol. The lowest BCUT2D eigenvalue weighted by Gasteiger charge is -2.32. The number of nitrogens with zero attached hydrogens (tertiary/aromatic N) is 4. The number of likely N-dealkylation sites (tertiary alicyclic amines) is 1. The van der Waals surface area contributed by atoms with Gasteiger partial charge in [-0.25, -0.2) is 4.98 Å². The standard InChI is InChI=1S/C18H21F3N4O2/c1-23-14(3-2-4-16(23)26)11-24-7-5-13(6-8-24)10-25-12-22-15(9-17(25)27)18(19,20)21/h2-4,9,12-13H,5-8,10-11H2,1H3. The third-order valence-electron chi connectivity index (χ3n) is 5.01. The third kappa shape index (κ3) is 4.65. The van der Waals surface area contributed by atoms with Crippen molar-refractivity contribution in [3.8, 4) is 0 Å². The number of rotatable bonds is 4. The first kappa shape index (κ1) is 19.3. The summed E-state index contributed by atoms with van der Waals surface area (Å²) in [4.78, 5) is 29.2. The van der Waals surface area contributed by atoms with Crippen molar-refractivity contribution >= 4 is 0 Å². The summed E-state index contributed by atoms with van der Waals surface area (Å²) in [6.45, 7) is 2.63. The highest BCUT2D eigenvalue weighted by molar-refractivity contribution is 5.06. The van der Waals surface area contributed by atoms with Crippen molar-refractivity contribution in [3.63, 3.8) is 0 Å². The summed E-state index contributed by atoms with van der Waals surface area (Å²) >= 11 is 0. The normalized spacial score (nSPS) is 16.6. The number of pyridine rings is 1. The molecule has 27 heavy (non-hydrogen) atoms. The zero-order chi connectivity index (χ0) is 19.6. The number of hydrogen-bond donors (Lipinski definition) is 0. The molecule has 1 aliphatic heterocycles. The van der Waals surface area contributed by atoms with E-state index in [4.69, 9.17) is 0 Å². The van der Waals surface area contributed by atoms with Crippen LogP contribution in [0.3, 0.4) is 0 Å². The van der Waals surface area contributed by atoms with Gasteiger partial charge in [-0.3, -0.25) is 19.1 Å².